The highest BCUT2D eigenvalue weighted by molar-refractivity contribution is 7.80. The van der Waals surface area contributed by atoms with Crippen LogP contribution in [-0.4, -0.2) is 4.99 Å². The van der Waals surface area contributed by atoms with E-state index in [0.717, 1.165) is 5.69 Å². The first-order chi connectivity index (χ1) is 9.09. The fourth-order valence-electron chi connectivity index (χ4n) is 1.92. The van der Waals surface area contributed by atoms with Gasteiger partial charge in [-0.05, 0) is 30.2 Å². The van der Waals surface area contributed by atoms with Crippen molar-refractivity contribution in [1.29, 1.82) is 0 Å². The third kappa shape index (κ3) is 3.25. The van der Waals surface area contributed by atoms with E-state index in [2.05, 4.69) is 24.4 Å². The predicted octanol–water partition coefficient (Wildman–Crippen LogP) is 3.89. The molecular weight excluding hydrogens is 276 g/mol. The summed E-state index contributed by atoms with van der Waals surface area (Å²) >= 11 is 11.2. The fourth-order valence-corrected chi connectivity index (χ4v) is 2.47. The normalized spacial score (nSPS) is 10.2. The zero-order chi connectivity index (χ0) is 13.8. The zero-order valence-electron chi connectivity index (χ0n) is 10.6. The van der Waals surface area contributed by atoms with E-state index in [4.69, 9.17) is 29.6 Å². The Balaban J connectivity index is 2.23. The van der Waals surface area contributed by atoms with E-state index in [1.54, 1.807) is 6.07 Å². The number of nitrogens with one attached hydrogen (secondary N) is 1. The molecule has 0 atom stereocenters. The molecule has 0 amide bonds. The molecule has 0 saturated carbocycles. The first-order valence-electron chi connectivity index (χ1n) is 5.96. The average molecular weight is 291 g/mol. The second-order valence-corrected chi connectivity index (χ2v) is 5.15. The Hall–Kier alpha value is -1.58. The second kappa shape index (κ2) is 6.04. The lowest BCUT2D eigenvalue weighted by molar-refractivity contribution is 1.12. The molecule has 0 bridgehead atoms. The van der Waals surface area contributed by atoms with Gasteiger partial charge < -0.3 is 11.1 Å². The van der Waals surface area contributed by atoms with Crippen molar-refractivity contribution in [3.63, 3.8) is 0 Å². The van der Waals surface area contributed by atoms with Crippen molar-refractivity contribution in [2.45, 2.75) is 13.5 Å². The lowest BCUT2D eigenvalue weighted by Gasteiger charge is -2.13. The SMILES string of the molecule is Cc1ccccc1CNc1cccc(Cl)c1C(N)=S. The molecule has 0 aromatic heterocycles. The van der Waals surface area contributed by atoms with Gasteiger partial charge in [-0.3, -0.25) is 0 Å². The molecule has 0 spiro atoms. The Morgan fingerprint density at radius 1 is 1.21 bits per heavy atom. The number of rotatable bonds is 4. The van der Waals surface area contributed by atoms with Gasteiger partial charge in [-0.15, -0.1) is 0 Å². The van der Waals surface area contributed by atoms with E-state index in [1.165, 1.54) is 11.1 Å². The molecule has 2 rings (SSSR count). The number of hydrogen-bond donors (Lipinski definition) is 2. The second-order valence-electron chi connectivity index (χ2n) is 4.31. The fraction of sp³-hybridized carbons (Fsp3) is 0.133. The van der Waals surface area contributed by atoms with Gasteiger partial charge in [-0.1, -0.05) is 54.2 Å². The van der Waals surface area contributed by atoms with Crippen LogP contribution in [0.3, 0.4) is 0 Å². The van der Waals surface area contributed by atoms with Crippen molar-refractivity contribution in [2.75, 3.05) is 5.32 Å². The number of thiocarbonyl (C=S) groups is 1. The van der Waals surface area contributed by atoms with Gasteiger partial charge >= 0.3 is 0 Å². The van der Waals surface area contributed by atoms with E-state index in [0.29, 0.717) is 22.1 Å². The standard InChI is InChI=1S/C15H15ClN2S/c1-10-5-2-3-6-11(10)9-18-13-8-4-7-12(16)14(13)15(17)19/h2-8,18H,9H2,1H3,(H2,17,19). The Morgan fingerprint density at radius 2 is 1.95 bits per heavy atom. The smallest absolute Gasteiger partial charge is 0.107 e. The summed E-state index contributed by atoms with van der Waals surface area (Å²) in [6.45, 7) is 2.80. The van der Waals surface area contributed by atoms with Crippen molar-refractivity contribution >= 4 is 34.5 Å². The summed E-state index contributed by atoms with van der Waals surface area (Å²) in [4.78, 5) is 0.304. The predicted molar refractivity (Wildman–Crippen MR) is 85.8 cm³/mol. The Kier molecular flexibility index (Phi) is 4.40. The topological polar surface area (TPSA) is 38.0 Å². The number of benzene rings is 2. The molecule has 0 radical (unpaired) electrons. The van der Waals surface area contributed by atoms with Gasteiger partial charge in [-0.2, -0.15) is 0 Å². The highest BCUT2D eigenvalue weighted by Gasteiger charge is 2.09. The monoisotopic (exact) mass is 290 g/mol. The van der Waals surface area contributed by atoms with Crippen molar-refractivity contribution < 1.29 is 0 Å². The molecule has 0 saturated heterocycles. The van der Waals surface area contributed by atoms with Crippen LogP contribution in [0.4, 0.5) is 5.69 Å². The van der Waals surface area contributed by atoms with E-state index in [1.807, 2.05) is 24.3 Å². The molecule has 98 valence electrons. The first-order valence-corrected chi connectivity index (χ1v) is 6.75. The van der Waals surface area contributed by atoms with Crippen molar-refractivity contribution in [2.24, 2.45) is 5.73 Å². The molecule has 4 heteroatoms. The molecule has 2 aromatic rings. The summed E-state index contributed by atoms with van der Waals surface area (Å²) in [7, 11) is 0. The molecule has 0 aliphatic heterocycles. The lowest BCUT2D eigenvalue weighted by atomic mass is 10.1. The van der Waals surface area contributed by atoms with Crippen molar-refractivity contribution in [3.8, 4) is 0 Å². The Labute approximate surface area is 123 Å². The average Bonchev–Trinajstić information content (AvgIpc) is 2.37. The van der Waals surface area contributed by atoms with E-state index < -0.39 is 0 Å². The third-order valence-electron chi connectivity index (χ3n) is 2.99. The summed E-state index contributed by atoms with van der Waals surface area (Å²) < 4.78 is 0. The Bertz CT molecular complexity index is 611. The van der Waals surface area contributed by atoms with Crippen LogP contribution >= 0.6 is 23.8 Å². The van der Waals surface area contributed by atoms with Crippen LogP contribution in [0.5, 0.6) is 0 Å². The summed E-state index contributed by atoms with van der Waals surface area (Å²) in [6.07, 6.45) is 0. The molecule has 0 aliphatic carbocycles. The summed E-state index contributed by atoms with van der Waals surface area (Å²) in [5.74, 6) is 0. The van der Waals surface area contributed by atoms with Gasteiger partial charge in [0.05, 0.1) is 10.6 Å². The van der Waals surface area contributed by atoms with Crippen LogP contribution in [0, 0.1) is 6.92 Å². The molecule has 3 N–H and O–H groups in total. The van der Waals surface area contributed by atoms with Crippen LogP contribution in [0.2, 0.25) is 5.02 Å². The number of nitrogens with two attached hydrogens (primary N) is 1. The van der Waals surface area contributed by atoms with Gasteiger partial charge in [0, 0.05) is 12.2 Å². The first kappa shape index (κ1) is 13.8. The van der Waals surface area contributed by atoms with Crippen LogP contribution in [0.15, 0.2) is 42.5 Å². The molecule has 2 aromatic carbocycles. The van der Waals surface area contributed by atoms with E-state index in [9.17, 15) is 0 Å². The van der Waals surface area contributed by atoms with Gasteiger partial charge in [0.1, 0.15) is 4.99 Å². The lowest BCUT2D eigenvalue weighted by Crippen LogP contribution is -2.14. The van der Waals surface area contributed by atoms with Crippen LogP contribution in [-0.2, 0) is 6.54 Å². The van der Waals surface area contributed by atoms with Crippen molar-refractivity contribution in [1.82, 2.24) is 0 Å². The van der Waals surface area contributed by atoms with Crippen molar-refractivity contribution in [3.05, 3.63) is 64.2 Å². The third-order valence-corrected chi connectivity index (χ3v) is 3.51. The minimum absolute atomic E-state index is 0.304. The molecule has 0 aliphatic rings. The summed E-state index contributed by atoms with van der Waals surface area (Å²) in [5, 5.41) is 3.91. The molecular formula is C15H15ClN2S. The molecule has 0 unspecified atom stereocenters. The van der Waals surface area contributed by atoms with Crippen LogP contribution < -0.4 is 11.1 Å². The van der Waals surface area contributed by atoms with Gasteiger partial charge in [0.2, 0.25) is 0 Å². The highest BCUT2D eigenvalue weighted by Crippen LogP contribution is 2.25. The summed E-state index contributed by atoms with van der Waals surface area (Å²) in [5.41, 5.74) is 9.76. The van der Waals surface area contributed by atoms with E-state index in [-0.39, 0.29) is 0 Å². The number of hydrogen-bond acceptors (Lipinski definition) is 2. The minimum atomic E-state index is 0.304. The summed E-state index contributed by atoms with van der Waals surface area (Å²) in [6, 6.07) is 13.8. The molecule has 0 fully saturated rings. The number of aryl methyl sites for hydroxylation is 1. The quantitative estimate of drug-likeness (QED) is 0.839. The Morgan fingerprint density at radius 3 is 2.63 bits per heavy atom. The van der Waals surface area contributed by atoms with Gasteiger partial charge in [-0.25, -0.2) is 0 Å². The molecule has 2 nitrogen and oxygen atoms in total. The van der Waals surface area contributed by atoms with Crippen LogP contribution in [0.1, 0.15) is 16.7 Å². The maximum Gasteiger partial charge on any atom is 0.107 e. The van der Waals surface area contributed by atoms with E-state index >= 15 is 0 Å². The largest absolute Gasteiger partial charge is 0.389 e. The molecule has 19 heavy (non-hydrogen) atoms. The van der Waals surface area contributed by atoms with Crippen LogP contribution in [0.25, 0.3) is 0 Å². The van der Waals surface area contributed by atoms with Gasteiger partial charge in [0.25, 0.3) is 0 Å². The zero-order valence-corrected chi connectivity index (χ0v) is 12.2. The molecule has 0 heterocycles. The number of halogens is 1. The maximum atomic E-state index is 6.13. The van der Waals surface area contributed by atoms with Gasteiger partial charge in [0.15, 0.2) is 0 Å². The number of anilines is 1. The highest BCUT2D eigenvalue weighted by atomic mass is 35.5. The maximum absolute atomic E-state index is 6.13. The minimum Gasteiger partial charge on any atom is -0.389 e.